The molecule has 2 rings (SSSR count). The van der Waals surface area contributed by atoms with E-state index in [1.807, 2.05) is 13.0 Å². The Balaban J connectivity index is 2.38. The van der Waals surface area contributed by atoms with Crippen LogP contribution in [0.2, 0.25) is 0 Å². The summed E-state index contributed by atoms with van der Waals surface area (Å²) in [4.78, 5) is 13.4. The molecule has 0 spiro atoms. The average Bonchev–Trinajstić information content (AvgIpc) is 2.44. The summed E-state index contributed by atoms with van der Waals surface area (Å²) in [6.45, 7) is 6.42. The van der Waals surface area contributed by atoms with Gasteiger partial charge in [0.1, 0.15) is 5.82 Å². The van der Waals surface area contributed by atoms with Crippen LogP contribution in [-0.4, -0.2) is 26.7 Å². The van der Waals surface area contributed by atoms with E-state index in [4.69, 9.17) is 0 Å². The number of pyridine rings is 1. The number of aliphatic hydroxyl groups excluding tert-OH is 1. The fourth-order valence-electron chi connectivity index (χ4n) is 2.36. The molecule has 2 unspecified atom stereocenters. The summed E-state index contributed by atoms with van der Waals surface area (Å²) < 4.78 is 0. The van der Waals surface area contributed by atoms with E-state index >= 15 is 0 Å². The van der Waals surface area contributed by atoms with Crippen LogP contribution >= 0.6 is 0 Å². The minimum absolute atomic E-state index is 0.213. The number of rotatable bonds is 5. The molecular weight excluding hydrogens is 238 g/mol. The Labute approximate surface area is 113 Å². The van der Waals surface area contributed by atoms with Crippen molar-refractivity contribution in [1.82, 2.24) is 15.0 Å². The fourth-order valence-corrected chi connectivity index (χ4v) is 2.36. The zero-order valence-corrected chi connectivity index (χ0v) is 11.8. The highest BCUT2D eigenvalue weighted by Crippen LogP contribution is 2.26. The minimum Gasteiger partial charge on any atom is -0.396 e. The standard InChI is InChI=1S/C15H21N3O/c1-4-12(7-10(2)9-19)15-17-11(3)13-5-6-16-8-14(13)18-15/h5-6,8,10,12,19H,4,7,9H2,1-3H3. The van der Waals surface area contributed by atoms with Crippen LogP contribution in [0.25, 0.3) is 10.9 Å². The highest BCUT2D eigenvalue weighted by atomic mass is 16.3. The normalized spacial score (nSPS) is 14.5. The maximum Gasteiger partial charge on any atom is 0.132 e. The van der Waals surface area contributed by atoms with Crippen LogP contribution in [0.1, 0.15) is 44.1 Å². The van der Waals surface area contributed by atoms with Crippen molar-refractivity contribution in [2.45, 2.75) is 39.5 Å². The van der Waals surface area contributed by atoms with Gasteiger partial charge in [-0.05, 0) is 31.7 Å². The molecule has 19 heavy (non-hydrogen) atoms. The van der Waals surface area contributed by atoms with Crippen molar-refractivity contribution in [1.29, 1.82) is 0 Å². The Morgan fingerprint density at radius 2 is 2.11 bits per heavy atom. The maximum absolute atomic E-state index is 9.20. The molecule has 4 heteroatoms. The van der Waals surface area contributed by atoms with Gasteiger partial charge in [0.15, 0.2) is 0 Å². The molecule has 1 N–H and O–H groups in total. The Kier molecular flexibility index (Phi) is 4.43. The molecule has 2 atom stereocenters. The molecule has 0 aliphatic heterocycles. The van der Waals surface area contributed by atoms with Crippen molar-refractivity contribution < 1.29 is 5.11 Å². The van der Waals surface area contributed by atoms with Crippen LogP contribution in [0.15, 0.2) is 18.5 Å². The highest BCUT2D eigenvalue weighted by Gasteiger charge is 2.17. The number of nitrogens with zero attached hydrogens (tertiary/aromatic N) is 3. The van der Waals surface area contributed by atoms with E-state index in [0.717, 1.165) is 35.3 Å². The van der Waals surface area contributed by atoms with Crippen LogP contribution in [0, 0.1) is 12.8 Å². The van der Waals surface area contributed by atoms with Gasteiger partial charge >= 0.3 is 0 Å². The molecule has 4 nitrogen and oxygen atoms in total. The van der Waals surface area contributed by atoms with E-state index in [2.05, 4.69) is 28.8 Å². The molecule has 2 aromatic rings. The summed E-state index contributed by atoms with van der Waals surface area (Å²) in [7, 11) is 0. The van der Waals surface area contributed by atoms with Gasteiger partial charge in [-0.2, -0.15) is 0 Å². The van der Waals surface area contributed by atoms with E-state index in [-0.39, 0.29) is 12.5 Å². The predicted octanol–water partition coefficient (Wildman–Crippen LogP) is 2.85. The van der Waals surface area contributed by atoms with Crippen molar-refractivity contribution in [2.24, 2.45) is 5.92 Å². The van der Waals surface area contributed by atoms with Crippen molar-refractivity contribution in [2.75, 3.05) is 6.61 Å². The lowest BCUT2D eigenvalue weighted by atomic mass is 9.93. The Hall–Kier alpha value is -1.55. The SMILES string of the molecule is CCC(CC(C)CO)c1nc(C)c2ccncc2n1. The van der Waals surface area contributed by atoms with Crippen LogP contribution in [0.5, 0.6) is 0 Å². The van der Waals surface area contributed by atoms with Gasteiger partial charge in [-0.25, -0.2) is 9.97 Å². The van der Waals surface area contributed by atoms with Gasteiger partial charge in [-0.15, -0.1) is 0 Å². The summed E-state index contributed by atoms with van der Waals surface area (Å²) in [5.41, 5.74) is 1.90. The Morgan fingerprint density at radius 1 is 1.32 bits per heavy atom. The topological polar surface area (TPSA) is 58.9 Å². The van der Waals surface area contributed by atoms with E-state index in [0.29, 0.717) is 5.92 Å². The molecule has 0 amide bonds. The monoisotopic (exact) mass is 259 g/mol. The van der Waals surface area contributed by atoms with E-state index in [1.165, 1.54) is 0 Å². The van der Waals surface area contributed by atoms with Crippen molar-refractivity contribution in [3.63, 3.8) is 0 Å². The van der Waals surface area contributed by atoms with Crippen molar-refractivity contribution >= 4 is 10.9 Å². The van der Waals surface area contributed by atoms with E-state index in [9.17, 15) is 5.11 Å². The average molecular weight is 259 g/mol. The summed E-state index contributed by atoms with van der Waals surface area (Å²) in [6.07, 6.45) is 5.45. The molecule has 0 aromatic carbocycles. The van der Waals surface area contributed by atoms with Crippen molar-refractivity contribution in [3.8, 4) is 0 Å². The first-order valence-corrected chi connectivity index (χ1v) is 6.84. The molecular formula is C15H21N3O. The minimum atomic E-state index is 0.213. The lowest BCUT2D eigenvalue weighted by Gasteiger charge is -2.18. The second-order valence-electron chi connectivity index (χ2n) is 5.19. The highest BCUT2D eigenvalue weighted by molar-refractivity contribution is 5.79. The summed E-state index contributed by atoms with van der Waals surface area (Å²) in [5.74, 6) is 1.45. The van der Waals surface area contributed by atoms with Gasteiger partial charge in [-0.3, -0.25) is 4.98 Å². The molecule has 102 valence electrons. The number of hydrogen-bond donors (Lipinski definition) is 1. The van der Waals surface area contributed by atoms with Crippen LogP contribution < -0.4 is 0 Å². The lowest BCUT2D eigenvalue weighted by Crippen LogP contribution is -2.11. The number of aromatic nitrogens is 3. The number of hydrogen-bond acceptors (Lipinski definition) is 4. The first-order chi connectivity index (χ1) is 9.15. The van der Waals surface area contributed by atoms with E-state index in [1.54, 1.807) is 12.4 Å². The lowest BCUT2D eigenvalue weighted by molar-refractivity contribution is 0.221. The molecule has 0 bridgehead atoms. The van der Waals surface area contributed by atoms with Crippen molar-refractivity contribution in [3.05, 3.63) is 30.0 Å². The third-order valence-electron chi connectivity index (χ3n) is 3.56. The second-order valence-corrected chi connectivity index (χ2v) is 5.19. The molecule has 0 saturated carbocycles. The predicted molar refractivity (Wildman–Crippen MR) is 76.0 cm³/mol. The molecule has 0 aliphatic carbocycles. The number of fused-ring (bicyclic) bond motifs is 1. The maximum atomic E-state index is 9.20. The van der Waals surface area contributed by atoms with Gasteiger partial charge in [0.2, 0.25) is 0 Å². The summed E-state index contributed by atoms with van der Waals surface area (Å²) in [5, 5.41) is 10.3. The van der Waals surface area contributed by atoms with Gasteiger partial charge in [0.25, 0.3) is 0 Å². The zero-order valence-electron chi connectivity index (χ0n) is 11.8. The van der Waals surface area contributed by atoms with Gasteiger partial charge in [0.05, 0.1) is 11.7 Å². The Bertz CT molecular complexity index is 556. The second kappa shape index (κ2) is 6.06. The van der Waals surface area contributed by atoms with Crippen LogP contribution in [0.3, 0.4) is 0 Å². The quantitative estimate of drug-likeness (QED) is 0.897. The zero-order chi connectivity index (χ0) is 13.8. The van der Waals surface area contributed by atoms with Gasteiger partial charge in [0, 0.05) is 29.8 Å². The number of aliphatic hydroxyl groups is 1. The third kappa shape index (κ3) is 3.07. The summed E-state index contributed by atoms with van der Waals surface area (Å²) in [6, 6.07) is 1.95. The fraction of sp³-hybridized carbons (Fsp3) is 0.533. The molecule has 2 aromatic heterocycles. The molecule has 0 saturated heterocycles. The molecule has 0 radical (unpaired) electrons. The third-order valence-corrected chi connectivity index (χ3v) is 3.56. The largest absolute Gasteiger partial charge is 0.396 e. The molecule has 2 heterocycles. The van der Waals surface area contributed by atoms with Gasteiger partial charge < -0.3 is 5.11 Å². The smallest absolute Gasteiger partial charge is 0.132 e. The number of aryl methyl sites for hydroxylation is 1. The summed E-state index contributed by atoms with van der Waals surface area (Å²) >= 11 is 0. The van der Waals surface area contributed by atoms with E-state index < -0.39 is 0 Å². The van der Waals surface area contributed by atoms with Crippen LogP contribution in [-0.2, 0) is 0 Å². The first-order valence-electron chi connectivity index (χ1n) is 6.84. The molecule has 0 fully saturated rings. The Morgan fingerprint density at radius 3 is 2.79 bits per heavy atom. The molecule has 0 aliphatic rings. The first kappa shape index (κ1) is 13.9. The van der Waals surface area contributed by atoms with Gasteiger partial charge in [-0.1, -0.05) is 13.8 Å². The van der Waals surface area contributed by atoms with Crippen LogP contribution in [0.4, 0.5) is 0 Å².